The van der Waals surface area contributed by atoms with E-state index >= 15 is 0 Å². The molecule has 2 amide bonds. The van der Waals surface area contributed by atoms with Gasteiger partial charge in [-0.25, -0.2) is 0 Å². The van der Waals surface area contributed by atoms with Crippen LogP contribution in [0, 0.1) is 17.8 Å². The molecule has 0 radical (unpaired) electrons. The van der Waals surface area contributed by atoms with Crippen molar-refractivity contribution in [3.8, 4) is 0 Å². The Balaban J connectivity index is 1.57. The lowest BCUT2D eigenvalue weighted by Gasteiger charge is -2.30. The third kappa shape index (κ3) is 2.73. The molecule has 1 aliphatic heterocycles. The summed E-state index contributed by atoms with van der Waals surface area (Å²) in [6.45, 7) is 0.653. The molecule has 0 aromatic heterocycles. The van der Waals surface area contributed by atoms with E-state index in [0.717, 1.165) is 23.0 Å². The van der Waals surface area contributed by atoms with Gasteiger partial charge in [-0.3, -0.25) is 14.5 Å². The molecule has 2 bridgehead atoms. The molecule has 5 nitrogen and oxygen atoms in total. The number of carbonyl (C=O) groups excluding carboxylic acids is 2. The third-order valence-electron chi connectivity index (χ3n) is 6.75. The van der Waals surface area contributed by atoms with Crippen molar-refractivity contribution in [2.75, 3.05) is 16.3 Å². The van der Waals surface area contributed by atoms with Crippen molar-refractivity contribution in [2.24, 2.45) is 23.5 Å². The van der Waals surface area contributed by atoms with E-state index in [1.807, 2.05) is 54.6 Å². The lowest BCUT2D eigenvalue weighted by atomic mass is 9.88. The fourth-order valence-electron chi connectivity index (χ4n) is 5.40. The van der Waals surface area contributed by atoms with Crippen LogP contribution in [-0.2, 0) is 9.59 Å². The Morgan fingerprint density at radius 2 is 1.57 bits per heavy atom. The van der Waals surface area contributed by atoms with Crippen LogP contribution in [0.4, 0.5) is 17.1 Å². The molecule has 2 N–H and O–H groups in total. The van der Waals surface area contributed by atoms with Crippen molar-refractivity contribution >= 4 is 28.9 Å². The molecule has 0 saturated heterocycles. The summed E-state index contributed by atoms with van der Waals surface area (Å²) in [6.07, 6.45) is 5.06. The summed E-state index contributed by atoms with van der Waals surface area (Å²) in [7, 11) is 0. The highest BCUT2D eigenvalue weighted by Gasteiger charge is 2.44. The van der Waals surface area contributed by atoms with Crippen molar-refractivity contribution in [1.82, 2.24) is 0 Å². The molecule has 5 heteroatoms. The Hall–Kier alpha value is -2.66. The quantitative estimate of drug-likeness (QED) is 0.836. The van der Waals surface area contributed by atoms with E-state index in [-0.39, 0.29) is 11.8 Å². The molecule has 4 atom stereocenters. The number of rotatable bonds is 3. The van der Waals surface area contributed by atoms with Gasteiger partial charge in [0.1, 0.15) is 0 Å². The highest BCUT2D eigenvalue weighted by atomic mass is 16.2. The summed E-state index contributed by atoms with van der Waals surface area (Å²) >= 11 is 0. The number of hydrogen-bond acceptors (Lipinski definition) is 3. The molecule has 28 heavy (non-hydrogen) atoms. The second-order valence-corrected chi connectivity index (χ2v) is 8.36. The van der Waals surface area contributed by atoms with Gasteiger partial charge in [-0.2, -0.15) is 0 Å². The molecule has 2 aliphatic carbocycles. The van der Waals surface area contributed by atoms with Crippen molar-refractivity contribution in [3.63, 3.8) is 0 Å². The monoisotopic (exact) mass is 375 g/mol. The molecule has 5 rings (SSSR count). The van der Waals surface area contributed by atoms with E-state index in [0.29, 0.717) is 18.4 Å². The van der Waals surface area contributed by atoms with Crippen LogP contribution in [0.15, 0.2) is 54.6 Å². The van der Waals surface area contributed by atoms with Crippen LogP contribution in [0.25, 0.3) is 0 Å². The Kier molecular flexibility index (Phi) is 4.20. The number of fused-ring (bicyclic) bond motifs is 3. The summed E-state index contributed by atoms with van der Waals surface area (Å²) in [4.78, 5) is 29.8. The second kappa shape index (κ2) is 6.74. The van der Waals surface area contributed by atoms with Gasteiger partial charge >= 0.3 is 0 Å². The minimum absolute atomic E-state index is 0.293. The molecular weight excluding hydrogens is 350 g/mol. The predicted octanol–water partition coefficient (Wildman–Crippen LogP) is 3.46. The van der Waals surface area contributed by atoms with E-state index in [2.05, 4.69) is 0 Å². The fourth-order valence-corrected chi connectivity index (χ4v) is 5.40. The number of para-hydroxylation sites is 3. The third-order valence-corrected chi connectivity index (χ3v) is 6.75. The highest BCUT2D eigenvalue weighted by molar-refractivity contribution is 6.22. The SMILES string of the molecule is NC1C(=O)N(CC2CC3CCC2C3)c2ccccc2N(c2ccccc2)C1=O. The van der Waals surface area contributed by atoms with Gasteiger partial charge in [0.2, 0.25) is 0 Å². The molecule has 4 unspecified atom stereocenters. The zero-order valence-electron chi connectivity index (χ0n) is 15.8. The van der Waals surface area contributed by atoms with Gasteiger partial charge in [0.15, 0.2) is 6.04 Å². The van der Waals surface area contributed by atoms with Crippen molar-refractivity contribution in [1.29, 1.82) is 0 Å². The zero-order valence-corrected chi connectivity index (χ0v) is 15.8. The van der Waals surface area contributed by atoms with Crippen LogP contribution in [-0.4, -0.2) is 24.4 Å². The number of amides is 2. The van der Waals surface area contributed by atoms with Crippen LogP contribution in [0.5, 0.6) is 0 Å². The fraction of sp³-hybridized carbons (Fsp3) is 0.391. The molecule has 2 aromatic carbocycles. The van der Waals surface area contributed by atoms with Crippen molar-refractivity contribution < 1.29 is 9.59 Å². The summed E-state index contributed by atoms with van der Waals surface area (Å²) < 4.78 is 0. The Labute approximate surface area is 165 Å². The molecule has 3 aliphatic rings. The second-order valence-electron chi connectivity index (χ2n) is 8.36. The first-order valence-corrected chi connectivity index (χ1v) is 10.2. The van der Waals surface area contributed by atoms with Gasteiger partial charge in [0, 0.05) is 12.2 Å². The summed E-state index contributed by atoms with van der Waals surface area (Å²) in [6, 6.07) is 15.9. The summed E-state index contributed by atoms with van der Waals surface area (Å²) in [5, 5.41) is 0. The zero-order chi connectivity index (χ0) is 19.3. The topological polar surface area (TPSA) is 66.6 Å². The maximum atomic E-state index is 13.2. The number of anilines is 3. The van der Waals surface area contributed by atoms with E-state index in [1.54, 1.807) is 9.80 Å². The van der Waals surface area contributed by atoms with Gasteiger partial charge in [-0.1, -0.05) is 36.8 Å². The average molecular weight is 375 g/mol. The highest BCUT2D eigenvalue weighted by Crippen LogP contribution is 2.49. The summed E-state index contributed by atoms with van der Waals surface area (Å²) in [5.41, 5.74) is 8.42. The van der Waals surface area contributed by atoms with Crippen LogP contribution < -0.4 is 15.5 Å². The number of hydrogen-bond donors (Lipinski definition) is 1. The smallest absolute Gasteiger partial charge is 0.258 e. The molecule has 2 aromatic rings. The normalized spacial score (nSPS) is 29.2. The number of nitrogens with two attached hydrogens (primary N) is 1. The number of benzene rings is 2. The molecular formula is C23H25N3O2. The number of nitrogens with zero attached hydrogens (tertiary/aromatic N) is 2. The van der Waals surface area contributed by atoms with E-state index in [4.69, 9.17) is 5.73 Å². The molecule has 2 saturated carbocycles. The van der Waals surface area contributed by atoms with Gasteiger partial charge in [-0.05, 0) is 61.3 Å². The number of carbonyl (C=O) groups is 2. The Morgan fingerprint density at radius 3 is 2.25 bits per heavy atom. The van der Waals surface area contributed by atoms with E-state index in [9.17, 15) is 9.59 Å². The lowest BCUT2D eigenvalue weighted by Crippen LogP contribution is -2.51. The van der Waals surface area contributed by atoms with Gasteiger partial charge < -0.3 is 10.6 Å². The van der Waals surface area contributed by atoms with Gasteiger partial charge in [0.05, 0.1) is 11.4 Å². The van der Waals surface area contributed by atoms with Crippen LogP contribution >= 0.6 is 0 Å². The molecule has 144 valence electrons. The summed E-state index contributed by atoms with van der Waals surface area (Å²) in [5.74, 6) is 1.34. The molecule has 2 fully saturated rings. The molecule has 0 spiro atoms. The van der Waals surface area contributed by atoms with Crippen LogP contribution in [0.2, 0.25) is 0 Å². The van der Waals surface area contributed by atoms with E-state index in [1.165, 1.54) is 25.7 Å². The molecule has 1 heterocycles. The van der Waals surface area contributed by atoms with Crippen LogP contribution in [0.1, 0.15) is 25.7 Å². The van der Waals surface area contributed by atoms with Crippen molar-refractivity contribution in [2.45, 2.75) is 31.7 Å². The lowest BCUT2D eigenvalue weighted by molar-refractivity contribution is -0.127. The average Bonchev–Trinajstić information content (AvgIpc) is 3.34. The van der Waals surface area contributed by atoms with Gasteiger partial charge in [0.25, 0.3) is 11.8 Å². The Bertz CT molecular complexity index is 913. The van der Waals surface area contributed by atoms with E-state index < -0.39 is 6.04 Å². The first-order chi connectivity index (χ1) is 13.6. The maximum absolute atomic E-state index is 13.2. The van der Waals surface area contributed by atoms with Crippen molar-refractivity contribution in [3.05, 3.63) is 54.6 Å². The largest absolute Gasteiger partial charge is 0.312 e. The van der Waals surface area contributed by atoms with Crippen LogP contribution in [0.3, 0.4) is 0 Å². The standard InChI is InChI=1S/C23H25N3O2/c24-21-22(27)25(14-17-13-15-10-11-16(17)12-15)19-8-4-5-9-20(19)26(23(21)28)18-6-2-1-3-7-18/h1-9,15-17,21H,10-14,24H2. The maximum Gasteiger partial charge on any atom is 0.258 e. The first kappa shape index (κ1) is 17.4. The van der Waals surface area contributed by atoms with Gasteiger partial charge in [-0.15, -0.1) is 0 Å². The first-order valence-electron chi connectivity index (χ1n) is 10.2. The minimum Gasteiger partial charge on any atom is -0.312 e. The minimum atomic E-state index is -1.19. The Morgan fingerprint density at radius 1 is 0.857 bits per heavy atom. The predicted molar refractivity (Wildman–Crippen MR) is 109 cm³/mol.